The van der Waals surface area contributed by atoms with E-state index < -0.39 is 0 Å². The molecule has 0 aliphatic carbocycles. The van der Waals surface area contributed by atoms with Crippen molar-refractivity contribution in [3.05, 3.63) is 23.6 Å². The second-order valence-electron chi connectivity index (χ2n) is 5.25. The van der Waals surface area contributed by atoms with Crippen LogP contribution in [0.1, 0.15) is 26.3 Å². The Kier molecular flexibility index (Phi) is 7.47. The molecule has 0 bridgehead atoms. The molecule has 5 heteroatoms. The smallest absolute Gasteiger partial charge is 0.170 e. The highest BCUT2D eigenvalue weighted by Gasteiger charge is 2.13. The number of nitrogens with one attached hydrogen (secondary N) is 1. The number of nitrogens with zero attached hydrogens (tertiary/aromatic N) is 2. The summed E-state index contributed by atoms with van der Waals surface area (Å²) >= 11 is 0. The van der Waals surface area contributed by atoms with Gasteiger partial charge in [0.15, 0.2) is 11.6 Å². The van der Waals surface area contributed by atoms with Crippen molar-refractivity contribution in [2.45, 2.75) is 27.3 Å². The molecule has 0 unspecified atom stereocenters. The Morgan fingerprint density at radius 3 is 2.85 bits per heavy atom. The first-order valence-corrected chi connectivity index (χ1v) is 7.19. The van der Waals surface area contributed by atoms with Crippen LogP contribution in [0.4, 0.5) is 10.2 Å². The Bertz CT molecular complexity index is 399. The maximum atomic E-state index is 14.4. The SMILES string of the molecule is CCOCCN(C)c1nccc(CNCC(C)C)c1F. The Labute approximate surface area is 121 Å². The lowest BCUT2D eigenvalue weighted by Crippen LogP contribution is -2.26. The highest BCUT2D eigenvalue weighted by Crippen LogP contribution is 2.18. The van der Waals surface area contributed by atoms with Gasteiger partial charge in [-0.3, -0.25) is 0 Å². The van der Waals surface area contributed by atoms with Gasteiger partial charge in [-0.2, -0.15) is 0 Å². The second-order valence-corrected chi connectivity index (χ2v) is 5.25. The lowest BCUT2D eigenvalue weighted by molar-refractivity contribution is 0.154. The normalized spacial score (nSPS) is 11.1. The number of halogens is 1. The number of pyridine rings is 1. The molecule has 0 saturated heterocycles. The van der Waals surface area contributed by atoms with Crippen LogP contribution < -0.4 is 10.2 Å². The molecule has 114 valence electrons. The largest absolute Gasteiger partial charge is 0.380 e. The van der Waals surface area contributed by atoms with E-state index >= 15 is 0 Å². The zero-order chi connectivity index (χ0) is 15.0. The van der Waals surface area contributed by atoms with E-state index in [1.54, 1.807) is 17.2 Å². The van der Waals surface area contributed by atoms with Crippen LogP contribution >= 0.6 is 0 Å². The zero-order valence-electron chi connectivity index (χ0n) is 12.9. The van der Waals surface area contributed by atoms with Gasteiger partial charge in [0.25, 0.3) is 0 Å². The van der Waals surface area contributed by atoms with Crippen LogP contribution in [-0.2, 0) is 11.3 Å². The molecule has 0 fully saturated rings. The summed E-state index contributed by atoms with van der Waals surface area (Å²) < 4.78 is 19.7. The third kappa shape index (κ3) is 5.43. The third-order valence-electron chi connectivity index (χ3n) is 2.96. The average Bonchev–Trinajstić information content (AvgIpc) is 2.40. The van der Waals surface area contributed by atoms with E-state index in [1.165, 1.54) is 0 Å². The van der Waals surface area contributed by atoms with Crippen molar-refractivity contribution in [1.82, 2.24) is 10.3 Å². The number of hydrogen-bond donors (Lipinski definition) is 1. The van der Waals surface area contributed by atoms with Crippen molar-refractivity contribution in [1.29, 1.82) is 0 Å². The first kappa shape index (κ1) is 16.9. The van der Waals surface area contributed by atoms with Gasteiger partial charge in [0, 0.05) is 38.5 Å². The van der Waals surface area contributed by atoms with Crippen LogP contribution in [-0.4, -0.2) is 38.3 Å². The number of anilines is 1. The summed E-state index contributed by atoms with van der Waals surface area (Å²) in [4.78, 5) is 5.92. The maximum Gasteiger partial charge on any atom is 0.170 e. The Balaban J connectivity index is 2.63. The summed E-state index contributed by atoms with van der Waals surface area (Å²) in [6.07, 6.45) is 1.65. The van der Waals surface area contributed by atoms with E-state index in [-0.39, 0.29) is 5.82 Å². The summed E-state index contributed by atoms with van der Waals surface area (Å²) in [6, 6.07) is 1.72. The number of rotatable bonds is 9. The molecule has 0 aliphatic heterocycles. The van der Waals surface area contributed by atoms with E-state index in [1.807, 2.05) is 14.0 Å². The molecule has 1 rings (SSSR count). The number of likely N-dealkylation sites (N-methyl/N-ethyl adjacent to an activating group) is 1. The monoisotopic (exact) mass is 283 g/mol. The third-order valence-corrected chi connectivity index (χ3v) is 2.96. The summed E-state index contributed by atoms with van der Waals surface area (Å²) in [6.45, 7) is 9.47. The van der Waals surface area contributed by atoms with Crippen molar-refractivity contribution < 1.29 is 9.13 Å². The number of aromatic nitrogens is 1. The standard InChI is InChI=1S/C15H26FN3O/c1-5-20-9-8-19(4)15-14(16)13(6-7-18-15)11-17-10-12(2)3/h6-7,12,17H,5,8-11H2,1-4H3. The zero-order valence-corrected chi connectivity index (χ0v) is 12.9. The highest BCUT2D eigenvalue weighted by molar-refractivity contribution is 5.42. The first-order chi connectivity index (χ1) is 9.56. The highest BCUT2D eigenvalue weighted by atomic mass is 19.1. The fourth-order valence-electron chi connectivity index (χ4n) is 1.82. The van der Waals surface area contributed by atoms with E-state index in [0.29, 0.717) is 43.6 Å². The molecule has 1 N–H and O–H groups in total. The fourth-order valence-corrected chi connectivity index (χ4v) is 1.82. The van der Waals surface area contributed by atoms with Crippen molar-refractivity contribution >= 4 is 5.82 Å². The maximum absolute atomic E-state index is 14.4. The molecular formula is C15H26FN3O. The van der Waals surface area contributed by atoms with Gasteiger partial charge in [-0.15, -0.1) is 0 Å². The summed E-state index contributed by atoms with van der Waals surface area (Å²) in [7, 11) is 1.83. The first-order valence-electron chi connectivity index (χ1n) is 7.19. The van der Waals surface area contributed by atoms with Crippen LogP contribution in [0.3, 0.4) is 0 Å². The van der Waals surface area contributed by atoms with E-state index in [0.717, 1.165) is 6.54 Å². The van der Waals surface area contributed by atoms with Gasteiger partial charge in [0.2, 0.25) is 0 Å². The van der Waals surface area contributed by atoms with Crippen molar-refractivity contribution in [2.24, 2.45) is 5.92 Å². The Morgan fingerprint density at radius 2 is 2.20 bits per heavy atom. The number of ether oxygens (including phenoxy) is 1. The van der Waals surface area contributed by atoms with Crippen LogP contribution in [0.25, 0.3) is 0 Å². The molecule has 1 aromatic heterocycles. The van der Waals surface area contributed by atoms with Crippen molar-refractivity contribution in [3.8, 4) is 0 Å². The van der Waals surface area contributed by atoms with E-state index in [9.17, 15) is 4.39 Å². The van der Waals surface area contributed by atoms with Gasteiger partial charge in [0.1, 0.15) is 0 Å². The molecule has 0 radical (unpaired) electrons. The molecule has 0 saturated carbocycles. The van der Waals surface area contributed by atoms with Crippen LogP contribution in [0.15, 0.2) is 12.3 Å². The molecule has 20 heavy (non-hydrogen) atoms. The summed E-state index contributed by atoms with van der Waals surface area (Å²) in [5.41, 5.74) is 0.652. The van der Waals surface area contributed by atoms with Crippen molar-refractivity contribution in [2.75, 3.05) is 38.3 Å². The van der Waals surface area contributed by atoms with Gasteiger partial charge in [-0.1, -0.05) is 13.8 Å². The van der Waals surface area contributed by atoms with Crippen LogP contribution in [0.2, 0.25) is 0 Å². The van der Waals surface area contributed by atoms with Crippen LogP contribution in [0, 0.1) is 11.7 Å². The molecule has 0 atom stereocenters. The molecule has 0 aromatic carbocycles. The van der Waals surface area contributed by atoms with Gasteiger partial charge in [0.05, 0.1) is 6.61 Å². The minimum Gasteiger partial charge on any atom is -0.380 e. The molecule has 0 aliphatic rings. The minimum atomic E-state index is -0.247. The molecule has 1 aromatic rings. The minimum absolute atomic E-state index is 0.247. The topological polar surface area (TPSA) is 37.4 Å². The molecule has 0 amide bonds. The lowest BCUT2D eigenvalue weighted by Gasteiger charge is -2.19. The van der Waals surface area contributed by atoms with Gasteiger partial charge in [-0.25, -0.2) is 9.37 Å². The Morgan fingerprint density at radius 1 is 1.45 bits per heavy atom. The fraction of sp³-hybridized carbons (Fsp3) is 0.667. The van der Waals surface area contributed by atoms with Gasteiger partial charge >= 0.3 is 0 Å². The quantitative estimate of drug-likeness (QED) is 0.706. The predicted molar refractivity (Wildman–Crippen MR) is 80.5 cm³/mol. The predicted octanol–water partition coefficient (Wildman–Crippen LogP) is 2.44. The Hall–Kier alpha value is -1.20. The molecule has 0 spiro atoms. The second kappa shape index (κ2) is 8.87. The molecular weight excluding hydrogens is 257 g/mol. The molecule has 4 nitrogen and oxygen atoms in total. The number of hydrogen-bond acceptors (Lipinski definition) is 4. The van der Waals surface area contributed by atoms with Gasteiger partial charge in [-0.05, 0) is 25.5 Å². The van der Waals surface area contributed by atoms with E-state index in [2.05, 4.69) is 24.1 Å². The summed E-state index contributed by atoms with van der Waals surface area (Å²) in [5, 5.41) is 3.25. The van der Waals surface area contributed by atoms with Gasteiger partial charge < -0.3 is 15.0 Å². The summed E-state index contributed by atoms with van der Waals surface area (Å²) in [5.74, 6) is 0.685. The average molecular weight is 283 g/mol. The molecule has 1 heterocycles. The van der Waals surface area contributed by atoms with E-state index in [4.69, 9.17) is 4.74 Å². The lowest BCUT2D eigenvalue weighted by atomic mass is 10.2. The van der Waals surface area contributed by atoms with Crippen molar-refractivity contribution in [3.63, 3.8) is 0 Å². The van der Waals surface area contributed by atoms with Crippen LogP contribution in [0.5, 0.6) is 0 Å².